The zero-order valence-corrected chi connectivity index (χ0v) is 10.2. The highest BCUT2D eigenvalue weighted by molar-refractivity contribution is 8.00. The van der Waals surface area contributed by atoms with E-state index >= 15 is 0 Å². The van der Waals surface area contributed by atoms with E-state index in [4.69, 9.17) is 5.73 Å². The number of anilines is 2. The lowest BCUT2D eigenvalue weighted by Crippen LogP contribution is -1.91. The van der Waals surface area contributed by atoms with Gasteiger partial charge in [-0.05, 0) is 42.3 Å². The van der Waals surface area contributed by atoms with Gasteiger partial charge in [0.25, 0.3) is 5.69 Å². The average molecular weight is 261 g/mol. The van der Waals surface area contributed by atoms with Gasteiger partial charge in [0.05, 0.1) is 10.6 Å². The maximum absolute atomic E-state index is 10.6. The molecule has 18 heavy (non-hydrogen) atoms. The normalized spacial score (nSPS) is 10.0. The quantitative estimate of drug-likeness (QED) is 0.382. The Bertz CT molecular complexity index is 558. The van der Waals surface area contributed by atoms with Crippen molar-refractivity contribution < 1.29 is 4.92 Å². The zero-order chi connectivity index (χ0) is 13.0. The molecule has 0 bridgehead atoms. The van der Waals surface area contributed by atoms with Crippen LogP contribution in [0.15, 0.2) is 53.4 Å². The number of nitrogen functional groups attached to an aromatic ring is 1. The molecule has 0 unspecified atom stereocenters. The minimum atomic E-state index is -0.418. The number of rotatable bonds is 4. The van der Waals surface area contributed by atoms with Crippen molar-refractivity contribution in [2.24, 2.45) is 0 Å². The molecule has 0 saturated heterocycles. The summed E-state index contributed by atoms with van der Waals surface area (Å²) in [7, 11) is 0. The molecule has 0 saturated carbocycles. The molecular weight excluding hydrogens is 250 g/mol. The Balaban J connectivity index is 2.04. The van der Waals surface area contributed by atoms with Crippen LogP contribution in [0.2, 0.25) is 0 Å². The summed E-state index contributed by atoms with van der Waals surface area (Å²) in [4.78, 5) is 11.2. The first kappa shape index (κ1) is 12.3. The van der Waals surface area contributed by atoms with Crippen molar-refractivity contribution in [1.29, 1.82) is 0 Å². The van der Waals surface area contributed by atoms with Gasteiger partial charge in [0.1, 0.15) is 0 Å². The van der Waals surface area contributed by atoms with Gasteiger partial charge in [-0.1, -0.05) is 6.07 Å². The number of nitrogens with two attached hydrogens (primary N) is 1. The Kier molecular flexibility index (Phi) is 3.69. The van der Waals surface area contributed by atoms with Gasteiger partial charge in [-0.2, -0.15) is 0 Å². The number of nitrogens with one attached hydrogen (secondary N) is 1. The van der Waals surface area contributed by atoms with E-state index in [1.807, 2.05) is 12.1 Å². The van der Waals surface area contributed by atoms with Gasteiger partial charge in [0, 0.05) is 22.7 Å². The van der Waals surface area contributed by atoms with Gasteiger partial charge in [-0.25, -0.2) is 0 Å². The molecule has 0 radical (unpaired) electrons. The van der Waals surface area contributed by atoms with E-state index in [2.05, 4.69) is 4.72 Å². The van der Waals surface area contributed by atoms with Crippen LogP contribution in [0.5, 0.6) is 0 Å². The van der Waals surface area contributed by atoms with Crippen LogP contribution in [0.4, 0.5) is 17.1 Å². The van der Waals surface area contributed by atoms with E-state index in [1.54, 1.807) is 24.3 Å². The molecular formula is C12H11N3O2S. The molecule has 0 atom stereocenters. The first-order valence-corrected chi connectivity index (χ1v) is 5.99. The van der Waals surface area contributed by atoms with Crippen molar-refractivity contribution in [1.82, 2.24) is 0 Å². The second kappa shape index (κ2) is 5.42. The largest absolute Gasteiger partial charge is 0.399 e. The molecule has 0 amide bonds. The zero-order valence-electron chi connectivity index (χ0n) is 9.37. The fourth-order valence-corrected chi connectivity index (χ4v) is 1.97. The van der Waals surface area contributed by atoms with E-state index in [-0.39, 0.29) is 5.69 Å². The number of nitro groups is 1. The Morgan fingerprint density at radius 1 is 1.17 bits per heavy atom. The number of non-ortho nitro benzene ring substituents is 1. The fourth-order valence-electron chi connectivity index (χ4n) is 1.34. The molecule has 0 aliphatic rings. The third-order valence-electron chi connectivity index (χ3n) is 2.22. The van der Waals surface area contributed by atoms with Crippen LogP contribution < -0.4 is 10.5 Å². The number of benzene rings is 2. The van der Waals surface area contributed by atoms with Gasteiger partial charge in [-0.3, -0.25) is 10.1 Å². The first-order chi connectivity index (χ1) is 8.65. The second-order valence-corrected chi connectivity index (χ2v) is 4.46. The Labute approximate surface area is 108 Å². The molecule has 2 aromatic carbocycles. The molecule has 6 heteroatoms. The Morgan fingerprint density at radius 3 is 2.56 bits per heavy atom. The smallest absolute Gasteiger partial charge is 0.271 e. The van der Waals surface area contributed by atoms with Crippen LogP contribution in [-0.4, -0.2) is 4.92 Å². The van der Waals surface area contributed by atoms with Crippen molar-refractivity contribution in [3.8, 4) is 0 Å². The predicted molar refractivity (Wildman–Crippen MR) is 73.4 cm³/mol. The number of hydrogen-bond donors (Lipinski definition) is 2. The highest BCUT2D eigenvalue weighted by atomic mass is 32.2. The molecule has 0 heterocycles. The molecule has 0 spiro atoms. The number of hydrogen-bond acceptors (Lipinski definition) is 5. The summed E-state index contributed by atoms with van der Waals surface area (Å²) in [6.07, 6.45) is 0. The first-order valence-electron chi connectivity index (χ1n) is 5.18. The molecule has 0 aliphatic heterocycles. The van der Waals surface area contributed by atoms with Crippen molar-refractivity contribution in [3.05, 3.63) is 58.6 Å². The third kappa shape index (κ3) is 3.14. The SMILES string of the molecule is Nc1ccc(SNc2cccc([N+](=O)[O-])c2)cc1. The van der Waals surface area contributed by atoms with Crippen LogP contribution in [-0.2, 0) is 0 Å². The van der Waals surface area contributed by atoms with E-state index in [1.165, 1.54) is 24.1 Å². The van der Waals surface area contributed by atoms with Gasteiger partial charge in [-0.15, -0.1) is 0 Å². The summed E-state index contributed by atoms with van der Waals surface area (Å²) < 4.78 is 3.05. The standard InChI is InChI=1S/C12H11N3O2S/c13-9-4-6-12(7-5-9)18-14-10-2-1-3-11(8-10)15(16)17/h1-8,14H,13H2. The maximum atomic E-state index is 10.6. The lowest BCUT2D eigenvalue weighted by atomic mass is 10.3. The van der Waals surface area contributed by atoms with Crippen LogP contribution in [0.3, 0.4) is 0 Å². The fraction of sp³-hybridized carbons (Fsp3) is 0. The minimum Gasteiger partial charge on any atom is -0.399 e. The molecule has 0 aliphatic carbocycles. The topological polar surface area (TPSA) is 81.2 Å². The average Bonchev–Trinajstić information content (AvgIpc) is 2.38. The van der Waals surface area contributed by atoms with Crippen LogP contribution in [0.25, 0.3) is 0 Å². The van der Waals surface area contributed by atoms with E-state index in [9.17, 15) is 10.1 Å². The summed E-state index contributed by atoms with van der Waals surface area (Å²) in [6, 6.07) is 13.7. The van der Waals surface area contributed by atoms with Gasteiger partial charge >= 0.3 is 0 Å². The number of nitro benzene ring substituents is 1. The predicted octanol–water partition coefficient (Wildman–Crippen LogP) is 3.30. The molecule has 0 fully saturated rings. The van der Waals surface area contributed by atoms with Crippen LogP contribution >= 0.6 is 11.9 Å². The summed E-state index contributed by atoms with van der Waals surface area (Å²) in [5, 5.41) is 10.6. The van der Waals surface area contributed by atoms with Gasteiger partial charge in [0.2, 0.25) is 0 Å². The monoisotopic (exact) mass is 261 g/mol. The highest BCUT2D eigenvalue weighted by Crippen LogP contribution is 2.24. The molecule has 0 aromatic heterocycles. The number of nitrogens with zero attached hydrogens (tertiary/aromatic N) is 1. The Morgan fingerprint density at radius 2 is 1.89 bits per heavy atom. The van der Waals surface area contributed by atoms with Crippen molar-refractivity contribution in [3.63, 3.8) is 0 Å². The van der Waals surface area contributed by atoms with Crippen LogP contribution in [0.1, 0.15) is 0 Å². The van der Waals surface area contributed by atoms with Crippen molar-refractivity contribution >= 4 is 29.0 Å². The molecule has 92 valence electrons. The molecule has 5 nitrogen and oxygen atoms in total. The van der Waals surface area contributed by atoms with E-state index < -0.39 is 4.92 Å². The van der Waals surface area contributed by atoms with Crippen molar-refractivity contribution in [2.75, 3.05) is 10.5 Å². The second-order valence-electron chi connectivity index (χ2n) is 3.58. The van der Waals surface area contributed by atoms with Crippen LogP contribution in [0, 0.1) is 10.1 Å². The Hall–Kier alpha value is -2.21. The van der Waals surface area contributed by atoms with Gasteiger partial charge < -0.3 is 10.5 Å². The van der Waals surface area contributed by atoms with Crippen molar-refractivity contribution in [2.45, 2.75) is 4.90 Å². The maximum Gasteiger partial charge on any atom is 0.271 e. The lowest BCUT2D eigenvalue weighted by molar-refractivity contribution is -0.384. The third-order valence-corrected chi connectivity index (χ3v) is 3.07. The summed E-state index contributed by atoms with van der Waals surface area (Å²) in [5.74, 6) is 0. The molecule has 3 N–H and O–H groups in total. The highest BCUT2D eigenvalue weighted by Gasteiger charge is 2.05. The lowest BCUT2D eigenvalue weighted by Gasteiger charge is -2.05. The van der Waals surface area contributed by atoms with E-state index in [0.29, 0.717) is 11.4 Å². The van der Waals surface area contributed by atoms with Gasteiger partial charge in [0.15, 0.2) is 0 Å². The van der Waals surface area contributed by atoms with E-state index in [0.717, 1.165) is 4.90 Å². The molecule has 2 aromatic rings. The minimum absolute atomic E-state index is 0.0675. The summed E-state index contributed by atoms with van der Waals surface area (Å²) in [6.45, 7) is 0. The summed E-state index contributed by atoms with van der Waals surface area (Å²) >= 11 is 1.37. The summed E-state index contributed by atoms with van der Waals surface area (Å²) in [5.41, 5.74) is 7.04. The molecule has 2 rings (SSSR count).